The number of methoxy groups -OCH3 is 2. The van der Waals surface area contributed by atoms with Gasteiger partial charge in [-0.1, -0.05) is 13.0 Å². The zero-order chi connectivity index (χ0) is 18.0. The summed E-state index contributed by atoms with van der Waals surface area (Å²) >= 11 is 2.84. The van der Waals surface area contributed by atoms with Crippen molar-refractivity contribution in [1.29, 1.82) is 0 Å². The van der Waals surface area contributed by atoms with Crippen LogP contribution in [0.25, 0.3) is 5.57 Å². The van der Waals surface area contributed by atoms with Crippen molar-refractivity contribution >= 4 is 46.2 Å². The molecule has 0 spiro atoms. The van der Waals surface area contributed by atoms with E-state index in [-0.39, 0.29) is 11.8 Å². The SMILES string of the molecule is CCSC1=C(c2cccs2)C(=O)N(c2ccc(OC)c(OC)c2)C1=O. The van der Waals surface area contributed by atoms with E-state index in [1.807, 2.05) is 24.4 Å². The number of nitrogens with zero attached hydrogens (tertiary/aromatic N) is 1. The van der Waals surface area contributed by atoms with E-state index in [1.54, 1.807) is 18.2 Å². The van der Waals surface area contributed by atoms with E-state index in [4.69, 9.17) is 9.47 Å². The normalized spacial score (nSPS) is 14.4. The third kappa shape index (κ3) is 3.05. The molecule has 1 aliphatic rings. The first-order valence-electron chi connectivity index (χ1n) is 7.64. The van der Waals surface area contributed by atoms with Crippen molar-refractivity contribution in [3.63, 3.8) is 0 Å². The minimum Gasteiger partial charge on any atom is -0.493 e. The van der Waals surface area contributed by atoms with E-state index >= 15 is 0 Å². The molecule has 0 saturated heterocycles. The molecule has 25 heavy (non-hydrogen) atoms. The molecule has 2 amide bonds. The summed E-state index contributed by atoms with van der Waals surface area (Å²) in [5.41, 5.74) is 0.940. The van der Waals surface area contributed by atoms with Crippen molar-refractivity contribution in [3.05, 3.63) is 45.5 Å². The molecule has 7 heteroatoms. The summed E-state index contributed by atoms with van der Waals surface area (Å²) in [6, 6.07) is 8.74. The van der Waals surface area contributed by atoms with Crippen LogP contribution in [0.3, 0.4) is 0 Å². The van der Waals surface area contributed by atoms with Crippen molar-refractivity contribution in [2.75, 3.05) is 24.9 Å². The first kappa shape index (κ1) is 17.6. The molecule has 2 heterocycles. The monoisotopic (exact) mass is 375 g/mol. The number of ether oxygens (including phenoxy) is 2. The van der Waals surface area contributed by atoms with Gasteiger partial charge in [-0.3, -0.25) is 9.59 Å². The Morgan fingerprint density at radius 3 is 2.44 bits per heavy atom. The van der Waals surface area contributed by atoms with Gasteiger partial charge in [0.05, 0.1) is 30.4 Å². The summed E-state index contributed by atoms with van der Waals surface area (Å²) in [5, 5.41) is 1.90. The lowest BCUT2D eigenvalue weighted by atomic mass is 10.2. The zero-order valence-corrected chi connectivity index (χ0v) is 15.7. The number of benzene rings is 1. The van der Waals surface area contributed by atoms with Crippen LogP contribution in [0, 0.1) is 0 Å². The Labute approximate surface area is 154 Å². The summed E-state index contributed by atoms with van der Waals surface area (Å²) in [7, 11) is 3.05. The molecule has 3 rings (SSSR count). The fourth-order valence-corrected chi connectivity index (χ4v) is 4.30. The van der Waals surface area contributed by atoms with Crippen molar-refractivity contribution in [3.8, 4) is 11.5 Å². The van der Waals surface area contributed by atoms with Crippen LogP contribution in [0.5, 0.6) is 11.5 Å². The standard InChI is InChI=1S/C18H17NO4S2/c1-4-24-16-15(14-6-5-9-25-14)17(20)19(18(16)21)11-7-8-12(22-2)13(10-11)23-3/h5-10H,4H2,1-3H3. The van der Waals surface area contributed by atoms with E-state index in [2.05, 4.69) is 0 Å². The highest BCUT2D eigenvalue weighted by Gasteiger charge is 2.40. The molecule has 1 aliphatic heterocycles. The molecule has 130 valence electrons. The lowest BCUT2D eigenvalue weighted by Crippen LogP contribution is -2.31. The Bertz CT molecular complexity index is 843. The van der Waals surface area contributed by atoms with Gasteiger partial charge in [-0.05, 0) is 29.3 Å². The number of hydrogen-bond donors (Lipinski definition) is 0. The predicted octanol–water partition coefficient (Wildman–Crippen LogP) is 3.80. The number of thioether (sulfide) groups is 1. The Balaban J connectivity index is 2.06. The lowest BCUT2D eigenvalue weighted by Gasteiger charge is -2.17. The maximum atomic E-state index is 13.0. The van der Waals surface area contributed by atoms with Gasteiger partial charge in [0, 0.05) is 10.9 Å². The summed E-state index contributed by atoms with van der Waals surface area (Å²) in [5.74, 6) is 1.11. The average molecular weight is 375 g/mol. The van der Waals surface area contributed by atoms with Gasteiger partial charge in [-0.15, -0.1) is 23.1 Å². The Hall–Kier alpha value is -2.25. The summed E-state index contributed by atoms with van der Waals surface area (Å²) in [6.45, 7) is 1.96. The Morgan fingerprint density at radius 2 is 1.84 bits per heavy atom. The van der Waals surface area contributed by atoms with E-state index in [0.717, 1.165) is 4.88 Å². The van der Waals surface area contributed by atoms with Crippen LogP contribution >= 0.6 is 23.1 Å². The number of imide groups is 1. The molecule has 0 N–H and O–H groups in total. The Morgan fingerprint density at radius 1 is 1.08 bits per heavy atom. The molecular formula is C18H17NO4S2. The van der Waals surface area contributed by atoms with Gasteiger partial charge in [0.15, 0.2) is 11.5 Å². The number of thiophene rings is 1. The van der Waals surface area contributed by atoms with Crippen molar-refractivity contribution in [1.82, 2.24) is 0 Å². The highest BCUT2D eigenvalue weighted by molar-refractivity contribution is 8.04. The molecule has 0 unspecified atom stereocenters. The van der Waals surface area contributed by atoms with E-state index in [1.165, 1.54) is 42.2 Å². The molecule has 0 saturated carbocycles. The summed E-state index contributed by atoms with van der Waals surface area (Å²) < 4.78 is 10.5. The van der Waals surface area contributed by atoms with Crippen molar-refractivity contribution < 1.29 is 19.1 Å². The van der Waals surface area contributed by atoms with Gasteiger partial charge in [-0.2, -0.15) is 0 Å². The van der Waals surface area contributed by atoms with Gasteiger partial charge in [0.1, 0.15) is 0 Å². The smallest absolute Gasteiger partial charge is 0.272 e. The van der Waals surface area contributed by atoms with E-state index in [0.29, 0.717) is 33.4 Å². The molecule has 2 aromatic rings. The van der Waals surface area contributed by atoms with Crippen molar-refractivity contribution in [2.45, 2.75) is 6.92 Å². The third-order valence-electron chi connectivity index (χ3n) is 3.72. The lowest BCUT2D eigenvalue weighted by molar-refractivity contribution is -0.119. The van der Waals surface area contributed by atoms with Crippen LogP contribution in [-0.4, -0.2) is 31.8 Å². The number of hydrogen-bond acceptors (Lipinski definition) is 6. The fourth-order valence-electron chi connectivity index (χ4n) is 2.62. The summed E-state index contributed by atoms with van der Waals surface area (Å²) in [4.78, 5) is 28.4. The molecule has 0 radical (unpaired) electrons. The second kappa shape index (κ2) is 7.33. The molecule has 1 aromatic heterocycles. The Kier molecular flexibility index (Phi) is 5.15. The van der Waals surface area contributed by atoms with Gasteiger partial charge >= 0.3 is 0 Å². The van der Waals surface area contributed by atoms with Crippen LogP contribution < -0.4 is 14.4 Å². The van der Waals surface area contributed by atoms with E-state index in [9.17, 15) is 9.59 Å². The summed E-state index contributed by atoms with van der Waals surface area (Å²) in [6.07, 6.45) is 0. The minimum absolute atomic E-state index is 0.299. The maximum Gasteiger partial charge on any atom is 0.272 e. The second-order valence-corrected chi connectivity index (χ2v) is 7.32. The van der Waals surface area contributed by atoms with Crippen LogP contribution in [0.1, 0.15) is 11.8 Å². The quantitative estimate of drug-likeness (QED) is 0.719. The highest BCUT2D eigenvalue weighted by Crippen LogP contribution is 2.41. The van der Waals surface area contributed by atoms with Gasteiger partial charge in [0.2, 0.25) is 0 Å². The third-order valence-corrected chi connectivity index (χ3v) is 5.57. The number of carbonyl (C=O) groups excluding carboxylic acids is 2. The molecule has 5 nitrogen and oxygen atoms in total. The average Bonchev–Trinajstić information content (AvgIpc) is 3.22. The molecule has 0 aliphatic carbocycles. The molecule has 0 fully saturated rings. The molecule has 0 bridgehead atoms. The topological polar surface area (TPSA) is 55.8 Å². The first-order valence-corrected chi connectivity index (χ1v) is 9.50. The maximum absolute atomic E-state index is 13.0. The minimum atomic E-state index is -0.310. The predicted molar refractivity (Wildman–Crippen MR) is 101 cm³/mol. The van der Waals surface area contributed by atoms with Crippen LogP contribution in [-0.2, 0) is 9.59 Å². The highest BCUT2D eigenvalue weighted by atomic mass is 32.2. The molecule has 0 atom stereocenters. The second-order valence-electron chi connectivity index (χ2n) is 5.10. The largest absolute Gasteiger partial charge is 0.493 e. The first-order chi connectivity index (χ1) is 12.1. The zero-order valence-electron chi connectivity index (χ0n) is 14.1. The van der Waals surface area contributed by atoms with Gasteiger partial charge in [-0.25, -0.2) is 4.90 Å². The number of carbonyl (C=O) groups is 2. The molecule has 1 aromatic carbocycles. The van der Waals surface area contributed by atoms with E-state index < -0.39 is 0 Å². The number of rotatable bonds is 6. The van der Waals surface area contributed by atoms with Gasteiger partial charge < -0.3 is 9.47 Å². The number of anilines is 1. The van der Waals surface area contributed by atoms with Gasteiger partial charge in [0.25, 0.3) is 11.8 Å². The van der Waals surface area contributed by atoms with Crippen LogP contribution in [0.2, 0.25) is 0 Å². The molecular weight excluding hydrogens is 358 g/mol. The van der Waals surface area contributed by atoms with Crippen LogP contribution in [0.15, 0.2) is 40.6 Å². The van der Waals surface area contributed by atoms with Crippen LogP contribution in [0.4, 0.5) is 5.69 Å². The van der Waals surface area contributed by atoms with Crippen molar-refractivity contribution in [2.24, 2.45) is 0 Å². The fraction of sp³-hybridized carbons (Fsp3) is 0.222. The number of amides is 2.